The Labute approximate surface area is 75.0 Å². The zero-order chi connectivity index (χ0) is 9.49. The Morgan fingerprint density at radius 1 is 1.50 bits per heavy atom. The maximum absolute atomic E-state index is 8.87. The summed E-state index contributed by atoms with van der Waals surface area (Å²) in [6, 6.07) is 0. The van der Waals surface area contributed by atoms with Crippen molar-refractivity contribution in [1.29, 1.82) is 0 Å². The molecular weight excluding hydrogens is 158 g/mol. The minimum absolute atomic E-state index is 0. The summed E-state index contributed by atoms with van der Waals surface area (Å²) >= 11 is 0. The van der Waals surface area contributed by atoms with Gasteiger partial charge >= 0.3 is 0 Å². The Bertz CT molecular complexity index is 97.0. The van der Waals surface area contributed by atoms with Gasteiger partial charge in [-0.05, 0) is 6.92 Å². The minimum atomic E-state index is -0.500. The number of hydrogen-bond acceptors (Lipinski definition) is 3. The van der Waals surface area contributed by atoms with Gasteiger partial charge in [0.1, 0.15) is 12.6 Å². The fourth-order valence-corrected chi connectivity index (χ4v) is 0.793. The van der Waals surface area contributed by atoms with Crippen LogP contribution >= 0.6 is 0 Å². The zero-order valence-electron chi connectivity index (χ0n) is 7.57. The van der Waals surface area contributed by atoms with Gasteiger partial charge in [0, 0.05) is 6.47 Å². The maximum Gasteiger partial charge on any atom is 0.104 e. The third-order valence-electron chi connectivity index (χ3n) is 0.812. The molecule has 0 aromatic carbocycles. The van der Waals surface area contributed by atoms with Gasteiger partial charge in [-0.2, -0.15) is 0 Å². The molecule has 0 aliphatic heterocycles. The van der Waals surface area contributed by atoms with Crippen LogP contribution in [0.5, 0.6) is 0 Å². The molecule has 0 aromatic heterocycles. The smallest absolute Gasteiger partial charge is 0.104 e. The van der Waals surface area contributed by atoms with Crippen molar-refractivity contribution >= 4 is 6.47 Å². The first-order chi connectivity index (χ1) is 4.83. The van der Waals surface area contributed by atoms with E-state index in [1.54, 1.807) is 0 Å². The molecule has 0 bridgehead atoms. The van der Waals surface area contributed by atoms with Gasteiger partial charge in [-0.15, -0.1) is 0 Å². The van der Waals surface area contributed by atoms with E-state index in [-0.39, 0.29) is 13.5 Å². The molecule has 0 aliphatic rings. The van der Waals surface area contributed by atoms with Gasteiger partial charge in [-0.3, -0.25) is 0 Å². The normalized spacial score (nSPS) is 11.8. The number of aliphatic hydroxyl groups is 1. The van der Waals surface area contributed by atoms with Crippen LogP contribution in [0.25, 0.3) is 0 Å². The fraction of sp³-hybridized carbons (Fsp3) is 0.875. The second-order valence-electron chi connectivity index (χ2n) is 3.42. The van der Waals surface area contributed by atoms with Crippen LogP contribution in [0, 0.1) is 0 Å². The summed E-state index contributed by atoms with van der Waals surface area (Å²) < 4.78 is 0.831. The first-order valence-corrected chi connectivity index (χ1v) is 3.37. The molecule has 0 aliphatic carbocycles. The van der Waals surface area contributed by atoms with Crippen LogP contribution in [-0.4, -0.2) is 49.9 Å². The number of rotatable bonds is 2. The molecule has 76 valence electrons. The number of aliphatic hydroxyl groups excluding tert-OH is 1. The molecule has 0 rings (SSSR count). The Kier molecular flexibility index (Phi) is 12.4. The summed E-state index contributed by atoms with van der Waals surface area (Å²) in [5.41, 5.74) is 0. The quantitative estimate of drug-likeness (QED) is 0.440. The molecule has 1 atom stereocenters. The summed E-state index contributed by atoms with van der Waals surface area (Å²) in [5, 5.41) is 17.1. The van der Waals surface area contributed by atoms with Gasteiger partial charge in [0.05, 0.1) is 21.1 Å². The van der Waals surface area contributed by atoms with E-state index in [0.717, 1.165) is 11.0 Å². The molecule has 0 heterocycles. The molecule has 1 N–H and O–H groups in total. The van der Waals surface area contributed by atoms with E-state index in [4.69, 9.17) is 15.0 Å². The van der Waals surface area contributed by atoms with Gasteiger partial charge in [-0.25, -0.2) is 0 Å². The van der Waals surface area contributed by atoms with Gasteiger partial charge in [0.15, 0.2) is 0 Å². The van der Waals surface area contributed by atoms with Gasteiger partial charge < -0.3 is 19.5 Å². The predicted molar refractivity (Wildman–Crippen MR) is 47.4 cm³/mol. The molecule has 1 unspecified atom stereocenters. The average molecular weight is 179 g/mol. The zero-order valence-corrected chi connectivity index (χ0v) is 7.57. The lowest BCUT2D eigenvalue weighted by molar-refractivity contribution is -0.873. The Balaban J connectivity index is -0.000000177. The van der Waals surface area contributed by atoms with Crippen molar-refractivity contribution in [2.24, 2.45) is 0 Å². The molecule has 0 saturated carbocycles. The largest absolute Gasteiger partial charge is 0.554 e. The molecule has 0 radical (unpaired) electrons. The van der Waals surface area contributed by atoms with Crippen molar-refractivity contribution in [3.8, 4) is 0 Å². The van der Waals surface area contributed by atoms with Crippen LogP contribution in [0.3, 0.4) is 0 Å². The van der Waals surface area contributed by atoms with Crippen LogP contribution in [0.1, 0.15) is 14.4 Å². The molecule has 0 saturated heterocycles. The van der Waals surface area contributed by atoms with Crippen molar-refractivity contribution < 1.29 is 19.5 Å². The summed E-state index contributed by atoms with van der Waals surface area (Å²) in [6.07, 6.45) is -0.185. The first-order valence-electron chi connectivity index (χ1n) is 3.37. The van der Waals surface area contributed by atoms with Crippen molar-refractivity contribution in [2.75, 3.05) is 27.7 Å². The number of nitrogens with zero attached hydrogens (tertiary/aromatic N) is 1. The molecule has 0 fully saturated rings. The van der Waals surface area contributed by atoms with E-state index < -0.39 is 6.47 Å². The number of hydrogen-bond donors (Lipinski definition) is 1. The second-order valence-corrected chi connectivity index (χ2v) is 3.42. The fourth-order valence-electron chi connectivity index (χ4n) is 0.793. The number of likely N-dealkylation sites (N-methyl/N-ethyl adjacent to an activating group) is 1. The first kappa shape index (κ1) is 17.5. The highest BCUT2D eigenvalue weighted by atomic mass is 16.3. The van der Waals surface area contributed by atoms with E-state index in [1.165, 1.54) is 0 Å². The number of carbonyl (C=O) groups excluding carboxylic acids is 1. The SMILES string of the molecule is C.CC(O)C[N+](C)(C)C.O=C[O-]. The van der Waals surface area contributed by atoms with Crippen molar-refractivity contribution in [1.82, 2.24) is 0 Å². The highest BCUT2D eigenvalue weighted by Crippen LogP contribution is 1.92. The molecule has 0 spiro atoms. The van der Waals surface area contributed by atoms with E-state index in [2.05, 4.69) is 21.1 Å². The molecular formula is C8H21NO3. The van der Waals surface area contributed by atoms with Crippen molar-refractivity contribution in [3.05, 3.63) is 0 Å². The van der Waals surface area contributed by atoms with Crippen LogP contribution in [0.15, 0.2) is 0 Å². The molecule has 4 heteroatoms. The van der Waals surface area contributed by atoms with Crippen molar-refractivity contribution in [2.45, 2.75) is 20.5 Å². The summed E-state index contributed by atoms with van der Waals surface area (Å²) in [7, 11) is 6.19. The highest BCUT2D eigenvalue weighted by molar-refractivity contribution is 5.29. The molecule has 4 nitrogen and oxygen atoms in total. The van der Waals surface area contributed by atoms with E-state index >= 15 is 0 Å². The van der Waals surface area contributed by atoms with Gasteiger partial charge in [0.2, 0.25) is 0 Å². The summed E-state index contributed by atoms with van der Waals surface area (Å²) in [4.78, 5) is 8.25. The monoisotopic (exact) mass is 179 g/mol. The standard InChI is InChI=1S/C6H16NO.CH2O2.CH4/c1-6(8)5-7(2,3)4;2-1-3;/h6,8H,5H2,1-4H3;1H,(H,2,3);1H4/q+1;;/p-1. The van der Waals surface area contributed by atoms with Crippen LogP contribution < -0.4 is 5.11 Å². The molecule has 0 amide bonds. The predicted octanol–water partition coefficient (Wildman–Crippen LogP) is -0.924. The summed E-state index contributed by atoms with van der Waals surface area (Å²) in [6.45, 7) is 2.13. The number of carbonyl (C=O) groups is 1. The lowest BCUT2D eigenvalue weighted by Crippen LogP contribution is -2.40. The van der Waals surface area contributed by atoms with E-state index in [9.17, 15) is 0 Å². The second kappa shape index (κ2) is 8.49. The van der Waals surface area contributed by atoms with Crippen LogP contribution in [0.4, 0.5) is 0 Å². The third kappa shape index (κ3) is 34.3. The van der Waals surface area contributed by atoms with E-state index in [0.29, 0.717) is 0 Å². The molecule has 0 aromatic rings. The van der Waals surface area contributed by atoms with Crippen molar-refractivity contribution in [3.63, 3.8) is 0 Å². The number of carboxylic acid groups (broad SMARTS) is 1. The topological polar surface area (TPSA) is 60.4 Å². The summed E-state index contributed by atoms with van der Waals surface area (Å²) in [5.74, 6) is 0. The lowest BCUT2D eigenvalue weighted by atomic mass is 10.3. The van der Waals surface area contributed by atoms with Gasteiger partial charge in [0.25, 0.3) is 0 Å². The number of quaternary nitrogens is 1. The Morgan fingerprint density at radius 2 is 1.75 bits per heavy atom. The van der Waals surface area contributed by atoms with Crippen LogP contribution in [-0.2, 0) is 4.79 Å². The molecule has 12 heavy (non-hydrogen) atoms. The van der Waals surface area contributed by atoms with Gasteiger partial charge in [-0.1, -0.05) is 7.43 Å². The maximum atomic E-state index is 8.87. The third-order valence-corrected chi connectivity index (χ3v) is 0.812. The van der Waals surface area contributed by atoms with E-state index in [1.807, 2.05) is 6.92 Å². The van der Waals surface area contributed by atoms with Crippen LogP contribution in [0.2, 0.25) is 0 Å². The Hall–Kier alpha value is -0.610. The lowest BCUT2D eigenvalue weighted by Gasteiger charge is -2.24. The Morgan fingerprint density at radius 3 is 1.75 bits per heavy atom. The highest BCUT2D eigenvalue weighted by Gasteiger charge is 2.09. The average Bonchev–Trinajstić information content (AvgIpc) is 1.57. The minimum Gasteiger partial charge on any atom is -0.554 e.